The van der Waals surface area contributed by atoms with Crippen molar-refractivity contribution in [3.63, 3.8) is 0 Å². The van der Waals surface area contributed by atoms with Crippen molar-refractivity contribution in [3.05, 3.63) is 18.0 Å². The lowest BCUT2D eigenvalue weighted by atomic mass is 10.1. The first-order valence-electron chi connectivity index (χ1n) is 7.52. The maximum Gasteiger partial charge on any atom is 0.0764 e. The van der Waals surface area contributed by atoms with E-state index in [0.717, 1.165) is 19.0 Å². The summed E-state index contributed by atoms with van der Waals surface area (Å²) in [5.41, 5.74) is 1.22. The molecule has 2 heterocycles. The van der Waals surface area contributed by atoms with Gasteiger partial charge in [0.1, 0.15) is 0 Å². The number of hydrogen-bond acceptors (Lipinski definition) is 2. The number of halogens is 1. The van der Waals surface area contributed by atoms with Gasteiger partial charge < -0.3 is 0 Å². The monoisotopic (exact) mass is 327 g/mol. The summed E-state index contributed by atoms with van der Waals surface area (Å²) in [4.78, 5) is 3.21. The highest BCUT2D eigenvalue weighted by Gasteiger charge is 2.25. The predicted octanol–water partition coefficient (Wildman–Crippen LogP) is 3.99. The molecule has 0 amide bonds. The topological polar surface area (TPSA) is 21.1 Å². The third-order valence-corrected chi connectivity index (χ3v) is 4.54. The van der Waals surface area contributed by atoms with Crippen molar-refractivity contribution in [2.45, 2.75) is 69.9 Å². The number of alkyl halides is 1. The van der Waals surface area contributed by atoms with Crippen molar-refractivity contribution >= 4 is 15.9 Å². The van der Waals surface area contributed by atoms with Crippen LogP contribution in [-0.4, -0.2) is 32.1 Å². The lowest BCUT2D eigenvalue weighted by Gasteiger charge is -2.24. The Bertz CT molecular complexity index is 388. The number of nitrogens with zero attached hydrogens (tertiary/aromatic N) is 3. The maximum atomic E-state index is 4.72. The van der Waals surface area contributed by atoms with Gasteiger partial charge in [-0.05, 0) is 45.2 Å². The van der Waals surface area contributed by atoms with E-state index < -0.39 is 0 Å². The minimum atomic E-state index is 0.505. The van der Waals surface area contributed by atoms with Crippen LogP contribution < -0.4 is 0 Å². The Labute approximate surface area is 125 Å². The molecule has 0 saturated carbocycles. The molecule has 3 atom stereocenters. The zero-order valence-corrected chi connectivity index (χ0v) is 13.9. The van der Waals surface area contributed by atoms with E-state index in [1.165, 1.54) is 31.5 Å². The number of rotatable bonds is 6. The molecular formula is C15H26BrN3. The predicted molar refractivity (Wildman–Crippen MR) is 83.7 cm³/mol. The Morgan fingerprint density at radius 3 is 2.95 bits per heavy atom. The highest BCUT2D eigenvalue weighted by Crippen LogP contribution is 2.25. The molecule has 1 aromatic heterocycles. The fourth-order valence-electron chi connectivity index (χ4n) is 2.85. The Balaban J connectivity index is 1.94. The molecule has 1 aliphatic rings. The van der Waals surface area contributed by atoms with E-state index in [9.17, 15) is 0 Å². The standard InChI is InChI=1S/C15H26BrN3/c1-4-13(3)19-9-7-14(17-19)11-18-8-5-6-15(18)10-12(2)16/h7,9,12-13,15H,4-6,8,10-11H2,1-3H3. The number of aromatic nitrogens is 2. The van der Waals surface area contributed by atoms with Gasteiger partial charge in [-0.25, -0.2) is 0 Å². The van der Waals surface area contributed by atoms with Crippen LogP contribution in [0.2, 0.25) is 0 Å². The Morgan fingerprint density at radius 2 is 2.26 bits per heavy atom. The van der Waals surface area contributed by atoms with Crippen molar-refractivity contribution in [1.29, 1.82) is 0 Å². The average molecular weight is 328 g/mol. The van der Waals surface area contributed by atoms with Crippen LogP contribution in [0.25, 0.3) is 0 Å². The van der Waals surface area contributed by atoms with Gasteiger partial charge in [-0.2, -0.15) is 5.10 Å². The van der Waals surface area contributed by atoms with Crippen LogP contribution >= 0.6 is 15.9 Å². The van der Waals surface area contributed by atoms with E-state index in [-0.39, 0.29) is 0 Å². The van der Waals surface area contributed by atoms with Crippen LogP contribution in [0, 0.1) is 0 Å². The first kappa shape index (κ1) is 15.0. The van der Waals surface area contributed by atoms with Gasteiger partial charge in [0.25, 0.3) is 0 Å². The highest BCUT2D eigenvalue weighted by molar-refractivity contribution is 9.09. The highest BCUT2D eigenvalue weighted by atomic mass is 79.9. The summed E-state index contributed by atoms with van der Waals surface area (Å²) in [7, 11) is 0. The zero-order valence-electron chi connectivity index (χ0n) is 12.3. The second kappa shape index (κ2) is 6.89. The molecule has 0 spiro atoms. The van der Waals surface area contributed by atoms with Gasteiger partial charge in [-0.15, -0.1) is 0 Å². The zero-order chi connectivity index (χ0) is 13.8. The smallest absolute Gasteiger partial charge is 0.0764 e. The fraction of sp³-hybridized carbons (Fsp3) is 0.800. The lowest BCUT2D eigenvalue weighted by molar-refractivity contribution is 0.231. The SMILES string of the molecule is CCC(C)n1ccc(CN2CCCC2CC(C)Br)n1. The van der Waals surface area contributed by atoms with Gasteiger partial charge >= 0.3 is 0 Å². The second-order valence-corrected chi connectivity index (χ2v) is 7.39. The van der Waals surface area contributed by atoms with Gasteiger partial charge in [0.15, 0.2) is 0 Å². The van der Waals surface area contributed by atoms with Crippen LogP contribution in [0.1, 0.15) is 58.2 Å². The Morgan fingerprint density at radius 1 is 1.47 bits per heavy atom. The van der Waals surface area contributed by atoms with Gasteiger partial charge in [-0.1, -0.05) is 29.8 Å². The minimum absolute atomic E-state index is 0.505. The molecule has 19 heavy (non-hydrogen) atoms. The van der Waals surface area contributed by atoms with Crippen LogP contribution in [0.4, 0.5) is 0 Å². The van der Waals surface area contributed by atoms with Crippen LogP contribution in [0.3, 0.4) is 0 Å². The minimum Gasteiger partial charge on any atom is -0.294 e. The van der Waals surface area contributed by atoms with Crippen LogP contribution in [-0.2, 0) is 6.54 Å². The number of likely N-dealkylation sites (tertiary alicyclic amines) is 1. The fourth-order valence-corrected chi connectivity index (χ4v) is 3.28. The van der Waals surface area contributed by atoms with Crippen molar-refractivity contribution in [2.24, 2.45) is 0 Å². The van der Waals surface area contributed by atoms with Crippen LogP contribution in [0.5, 0.6) is 0 Å². The summed E-state index contributed by atoms with van der Waals surface area (Å²) >= 11 is 3.68. The molecule has 0 aromatic carbocycles. The Kier molecular flexibility index (Phi) is 5.46. The third kappa shape index (κ3) is 4.06. The maximum absolute atomic E-state index is 4.72. The van der Waals surface area contributed by atoms with Gasteiger partial charge in [-0.3, -0.25) is 9.58 Å². The van der Waals surface area contributed by atoms with E-state index in [4.69, 9.17) is 5.10 Å². The molecular weight excluding hydrogens is 302 g/mol. The molecule has 1 fully saturated rings. The van der Waals surface area contributed by atoms with E-state index in [0.29, 0.717) is 10.9 Å². The van der Waals surface area contributed by atoms with E-state index in [1.54, 1.807) is 0 Å². The summed E-state index contributed by atoms with van der Waals surface area (Å²) < 4.78 is 2.10. The lowest BCUT2D eigenvalue weighted by Crippen LogP contribution is -2.30. The molecule has 108 valence electrons. The first-order chi connectivity index (χ1) is 9.10. The average Bonchev–Trinajstić information content (AvgIpc) is 2.99. The van der Waals surface area contributed by atoms with Crippen molar-refractivity contribution < 1.29 is 0 Å². The molecule has 3 nitrogen and oxygen atoms in total. The molecule has 0 radical (unpaired) electrons. The quantitative estimate of drug-likeness (QED) is 0.736. The van der Waals surface area contributed by atoms with Gasteiger partial charge in [0.2, 0.25) is 0 Å². The molecule has 0 aliphatic carbocycles. The van der Waals surface area contributed by atoms with E-state index in [1.807, 2.05) is 0 Å². The van der Waals surface area contributed by atoms with Crippen molar-refractivity contribution in [3.8, 4) is 0 Å². The molecule has 3 unspecified atom stereocenters. The molecule has 0 bridgehead atoms. The molecule has 1 saturated heterocycles. The first-order valence-corrected chi connectivity index (χ1v) is 8.43. The summed E-state index contributed by atoms with van der Waals surface area (Å²) in [5.74, 6) is 0. The van der Waals surface area contributed by atoms with Gasteiger partial charge in [0, 0.05) is 29.7 Å². The van der Waals surface area contributed by atoms with Crippen molar-refractivity contribution in [1.82, 2.24) is 14.7 Å². The molecule has 1 aliphatic heterocycles. The largest absolute Gasteiger partial charge is 0.294 e. The Hall–Kier alpha value is -0.350. The van der Waals surface area contributed by atoms with Gasteiger partial charge in [0.05, 0.1) is 5.69 Å². The summed E-state index contributed by atoms with van der Waals surface area (Å²) in [6, 6.07) is 3.41. The molecule has 0 N–H and O–H groups in total. The summed E-state index contributed by atoms with van der Waals surface area (Å²) in [6.45, 7) is 8.91. The molecule has 2 rings (SSSR count). The second-order valence-electron chi connectivity index (χ2n) is 5.83. The summed E-state index contributed by atoms with van der Waals surface area (Å²) in [6.07, 6.45) is 7.17. The molecule has 4 heteroatoms. The number of hydrogen-bond donors (Lipinski definition) is 0. The normalized spacial score (nSPS) is 23.7. The summed E-state index contributed by atoms with van der Waals surface area (Å²) in [5, 5.41) is 4.72. The van der Waals surface area contributed by atoms with E-state index >= 15 is 0 Å². The molecule has 1 aromatic rings. The third-order valence-electron chi connectivity index (χ3n) is 4.17. The van der Waals surface area contributed by atoms with Crippen molar-refractivity contribution in [2.75, 3.05) is 6.54 Å². The van der Waals surface area contributed by atoms with Crippen LogP contribution in [0.15, 0.2) is 12.3 Å². The van der Waals surface area contributed by atoms with E-state index in [2.05, 4.69) is 58.5 Å².